The number of ether oxygens (including phenoxy) is 1. The Bertz CT molecular complexity index is 1730. The van der Waals surface area contributed by atoms with Crippen LogP contribution in [0.4, 0.5) is 0 Å². The Labute approximate surface area is 213 Å². The normalized spacial score (nSPS) is 19.7. The molecular weight excluding hydrogens is 460 g/mol. The van der Waals surface area contributed by atoms with Crippen molar-refractivity contribution >= 4 is 28.6 Å². The molecule has 3 heteroatoms. The van der Waals surface area contributed by atoms with Gasteiger partial charge in [-0.25, -0.2) is 0 Å². The summed E-state index contributed by atoms with van der Waals surface area (Å²) >= 11 is 1.79. The highest BCUT2D eigenvalue weighted by molar-refractivity contribution is 7.99. The SMILES string of the molecule is CC1(O)c2ccccc2-c2c1c1c(c3ccccc23)OC2(C=C1)c1ccccc1Sc1ccccc12. The Morgan fingerprint density at radius 3 is 2.00 bits per heavy atom. The Balaban J connectivity index is 1.48. The first kappa shape index (κ1) is 20.4. The highest BCUT2D eigenvalue weighted by Gasteiger charge is 2.47. The van der Waals surface area contributed by atoms with Crippen LogP contribution in [-0.4, -0.2) is 5.11 Å². The van der Waals surface area contributed by atoms with Crippen LogP contribution < -0.4 is 4.74 Å². The largest absolute Gasteiger partial charge is 0.472 e. The molecule has 8 rings (SSSR count). The van der Waals surface area contributed by atoms with Gasteiger partial charge < -0.3 is 9.84 Å². The number of aliphatic hydroxyl groups is 1. The van der Waals surface area contributed by atoms with E-state index in [4.69, 9.17) is 4.74 Å². The molecule has 172 valence electrons. The Kier molecular flexibility index (Phi) is 3.92. The van der Waals surface area contributed by atoms with Crippen molar-refractivity contribution in [2.45, 2.75) is 27.9 Å². The molecule has 0 saturated heterocycles. The van der Waals surface area contributed by atoms with Gasteiger partial charge in [0.1, 0.15) is 11.4 Å². The molecule has 2 heterocycles. The molecule has 0 fully saturated rings. The molecule has 0 bridgehead atoms. The van der Waals surface area contributed by atoms with Crippen molar-refractivity contribution in [2.24, 2.45) is 0 Å². The molecule has 1 N–H and O–H groups in total. The first-order valence-electron chi connectivity index (χ1n) is 12.3. The molecule has 1 unspecified atom stereocenters. The summed E-state index contributed by atoms with van der Waals surface area (Å²) in [6, 6.07) is 33.7. The van der Waals surface area contributed by atoms with Crippen molar-refractivity contribution in [3.63, 3.8) is 0 Å². The molecule has 0 amide bonds. The average molecular weight is 483 g/mol. The Morgan fingerprint density at radius 1 is 0.694 bits per heavy atom. The number of fused-ring (bicyclic) bond motifs is 12. The minimum atomic E-state index is -1.11. The van der Waals surface area contributed by atoms with E-state index in [1.807, 2.05) is 25.1 Å². The predicted molar refractivity (Wildman–Crippen MR) is 146 cm³/mol. The lowest BCUT2D eigenvalue weighted by atomic mass is 9.80. The van der Waals surface area contributed by atoms with Crippen LogP contribution in [0.2, 0.25) is 0 Å². The smallest absolute Gasteiger partial charge is 0.180 e. The third kappa shape index (κ3) is 2.42. The molecule has 3 aliphatic rings. The Hall–Kier alpha value is -3.79. The molecule has 0 aromatic heterocycles. The van der Waals surface area contributed by atoms with Crippen LogP contribution >= 0.6 is 11.8 Å². The van der Waals surface area contributed by atoms with E-state index in [1.54, 1.807) is 11.8 Å². The molecule has 1 atom stereocenters. The first-order valence-corrected chi connectivity index (χ1v) is 13.1. The molecule has 36 heavy (non-hydrogen) atoms. The minimum Gasteiger partial charge on any atom is -0.472 e. The molecule has 0 saturated carbocycles. The van der Waals surface area contributed by atoms with Crippen molar-refractivity contribution in [3.8, 4) is 16.9 Å². The number of benzene rings is 5. The van der Waals surface area contributed by atoms with Gasteiger partial charge in [-0.3, -0.25) is 0 Å². The molecule has 0 radical (unpaired) electrons. The summed E-state index contributed by atoms with van der Waals surface area (Å²) in [4.78, 5) is 2.41. The monoisotopic (exact) mass is 482 g/mol. The fourth-order valence-corrected chi connectivity index (χ4v) is 7.60. The van der Waals surface area contributed by atoms with Crippen LogP contribution in [0.15, 0.2) is 113 Å². The molecule has 1 spiro atoms. The van der Waals surface area contributed by atoms with E-state index in [0.29, 0.717) is 0 Å². The summed E-state index contributed by atoms with van der Waals surface area (Å²) in [7, 11) is 0. The third-order valence-corrected chi connectivity index (χ3v) is 9.11. The molecule has 2 aliphatic heterocycles. The van der Waals surface area contributed by atoms with Crippen molar-refractivity contribution in [2.75, 3.05) is 0 Å². The van der Waals surface area contributed by atoms with Crippen LogP contribution in [0.25, 0.3) is 28.0 Å². The van der Waals surface area contributed by atoms with Crippen LogP contribution in [0, 0.1) is 0 Å². The lowest BCUT2D eigenvalue weighted by Gasteiger charge is -2.41. The van der Waals surface area contributed by atoms with Gasteiger partial charge in [0.25, 0.3) is 0 Å². The van der Waals surface area contributed by atoms with Gasteiger partial charge in [-0.2, -0.15) is 0 Å². The van der Waals surface area contributed by atoms with Gasteiger partial charge in [-0.15, -0.1) is 0 Å². The summed E-state index contributed by atoms with van der Waals surface area (Å²) in [5, 5.41) is 14.1. The van der Waals surface area contributed by atoms with E-state index in [1.165, 1.54) is 9.79 Å². The van der Waals surface area contributed by atoms with Crippen LogP contribution in [0.5, 0.6) is 5.75 Å². The maximum Gasteiger partial charge on any atom is 0.180 e. The van der Waals surface area contributed by atoms with Crippen LogP contribution in [0.1, 0.15) is 34.7 Å². The maximum absolute atomic E-state index is 11.9. The molecule has 1 aliphatic carbocycles. The van der Waals surface area contributed by atoms with Gasteiger partial charge >= 0.3 is 0 Å². The second kappa shape index (κ2) is 6.91. The van der Waals surface area contributed by atoms with Gasteiger partial charge in [0.05, 0.1) is 0 Å². The first-order chi connectivity index (χ1) is 17.6. The van der Waals surface area contributed by atoms with Gasteiger partial charge in [0, 0.05) is 37.4 Å². The zero-order chi connectivity index (χ0) is 24.1. The van der Waals surface area contributed by atoms with E-state index >= 15 is 0 Å². The fraction of sp³-hybridized carbons (Fsp3) is 0.0909. The molecule has 5 aromatic rings. The van der Waals surface area contributed by atoms with Gasteiger partial charge in [0.15, 0.2) is 5.60 Å². The van der Waals surface area contributed by atoms with Gasteiger partial charge in [-0.1, -0.05) is 103 Å². The number of hydrogen-bond donors (Lipinski definition) is 1. The van der Waals surface area contributed by atoms with Crippen molar-refractivity contribution < 1.29 is 9.84 Å². The molecular formula is C33H22O2S. The van der Waals surface area contributed by atoms with E-state index in [2.05, 4.69) is 91.0 Å². The summed E-state index contributed by atoms with van der Waals surface area (Å²) < 4.78 is 7.23. The van der Waals surface area contributed by atoms with Crippen molar-refractivity contribution in [3.05, 3.63) is 131 Å². The fourth-order valence-electron chi connectivity index (χ4n) is 6.42. The topological polar surface area (TPSA) is 29.5 Å². The van der Waals surface area contributed by atoms with E-state index in [9.17, 15) is 5.11 Å². The van der Waals surface area contributed by atoms with Crippen molar-refractivity contribution in [1.82, 2.24) is 0 Å². The standard InChI is InChI=1S/C33H22O2S/c1-32(34)24-13-5-4-12-22(24)29-20-10-2-3-11-21(20)31-23(30(29)32)18-19-33(35-31)25-14-6-8-16-27(25)36-28-17-9-7-15-26(28)33/h2-19,34H,1H3. The highest BCUT2D eigenvalue weighted by Crippen LogP contribution is 2.59. The number of rotatable bonds is 0. The predicted octanol–water partition coefficient (Wildman–Crippen LogP) is 7.89. The Morgan fingerprint density at radius 2 is 1.28 bits per heavy atom. The lowest BCUT2D eigenvalue weighted by molar-refractivity contribution is 0.105. The summed E-state index contributed by atoms with van der Waals surface area (Å²) in [5.74, 6) is 0.830. The molecule has 2 nitrogen and oxygen atoms in total. The lowest BCUT2D eigenvalue weighted by Crippen LogP contribution is -2.37. The maximum atomic E-state index is 11.9. The summed E-state index contributed by atoms with van der Waals surface area (Å²) in [6.07, 6.45) is 4.38. The van der Waals surface area contributed by atoms with Gasteiger partial charge in [-0.05, 0) is 47.2 Å². The summed E-state index contributed by atoms with van der Waals surface area (Å²) in [6.45, 7) is 1.91. The van der Waals surface area contributed by atoms with Gasteiger partial charge in [0.2, 0.25) is 0 Å². The quantitative estimate of drug-likeness (QED) is 0.243. The van der Waals surface area contributed by atoms with E-state index in [-0.39, 0.29) is 0 Å². The van der Waals surface area contributed by atoms with Crippen LogP contribution in [0.3, 0.4) is 0 Å². The minimum absolute atomic E-state index is 0.736. The second-order valence-electron chi connectivity index (χ2n) is 9.92. The second-order valence-corrected chi connectivity index (χ2v) is 11.0. The highest BCUT2D eigenvalue weighted by atomic mass is 32.2. The van der Waals surface area contributed by atoms with E-state index < -0.39 is 11.2 Å². The van der Waals surface area contributed by atoms with Crippen molar-refractivity contribution in [1.29, 1.82) is 0 Å². The van der Waals surface area contributed by atoms with E-state index in [0.717, 1.165) is 55.5 Å². The average Bonchev–Trinajstić information content (AvgIpc) is 3.16. The number of hydrogen-bond acceptors (Lipinski definition) is 3. The third-order valence-electron chi connectivity index (χ3n) is 7.95. The van der Waals surface area contributed by atoms with Crippen LogP contribution in [-0.2, 0) is 11.2 Å². The zero-order valence-electron chi connectivity index (χ0n) is 19.7. The summed E-state index contributed by atoms with van der Waals surface area (Å²) in [5.41, 5.74) is 5.47. The zero-order valence-corrected chi connectivity index (χ0v) is 20.5. The molecule has 5 aromatic carbocycles.